The predicted molar refractivity (Wildman–Crippen MR) is 94.0 cm³/mol. The third-order valence-electron chi connectivity index (χ3n) is 4.19. The van der Waals surface area contributed by atoms with Crippen LogP contribution in [0.1, 0.15) is 15.9 Å². The Bertz CT molecular complexity index is 708. The number of nitrogens with zero attached hydrogens (tertiary/aromatic N) is 2. The van der Waals surface area contributed by atoms with Gasteiger partial charge >= 0.3 is 0 Å². The van der Waals surface area contributed by atoms with Crippen LogP contribution in [0.5, 0.6) is 0 Å². The molecule has 6 heteroatoms. The summed E-state index contributed by atoms with van der Waals surface area (Å²) >= 11 is 11.9. The predicted octanol–water partition coefficient (Wildman–Crippen LogP) is 4.09. The molecular formula is C18H17Cl2FN2O. The summed E-state index contributed by atoms with van der Waals surface area (Å²) in [6, 6.07) is 11.6. The van der Waals surface area contributed by atoms with E-state index in [0.717, 1.165) is 0 Å². The first-order chi connectivity index (χ1) is 11.5. The van der Waals surface area contributed by atoms with Gasteiger partial charge in [0, 0.05) is 53.9 Å². The van der Waals surface area contributed by atoms with E-state index in [2.05, 4.69) is 4.90 Å². The van der Waals surface area contributed by atoms with Crippen LogP contribution < -0.4 is 0 Å². The Hall–Kier alpha value is -1.62. The molecule has 0 bridgehead atoms. The Morgan fingerprint density at radius 3 is 2.29 bits per heavy atom. The molecule has 0 radical (unpaired) electrons. The molecule has 3 nitrogen and oxygen atoms in total. The number of amides is 1. The zero-order chi connectivity index (χ0) is 17.1. The molecule has 2 aromatic rings. The molecule has 0 aliphatic carbocycles. The van der Waals surface area contributed by atoms with Crippen LogP contribution in [-0.2, 0) is 6.54 Å². The molecule has 3 rings (SSSR count). The summed E-state index contributed by atoms with van der Waals surface area (Å²) in [6.45, 7) is 3.03. The van der Waals surface area contributed by atoms with Gasteiger partial charge in [0.25, 0.3) is 5.91 Å². The highest BCUT2D eigenvalue weighted by molar-refractivity contribution is 6.31. The molecule has 0 N–H and O–H groups in total. The first-order valence-corrected chi connectivity index (χ1v) is 8.50. The summed E-state index contributed by atoms with van der Waals surface area (Å²) in [5, 5.41) is 1.05. The highest BCUT2D eigenvalue weighted by atomic mass is 35.5. The molecule has 1 heterocycles. The zero-order valence-electron chi connectivity index (χ0n) is 13.0. The summed E-state index contributed by atoms with van der Waals surface area (Å²) in [5.74, 6) is -0.294. The fourth-order valence-electron chi connectivity index (χ4n) is 2.79. The summed E-state index contributed by atoms with van der Waals surface area (Å²) in [4.78, 5) is 16.4. The molecule has 1 saturated heterocycles. The minimum Gasteiger partial charge on any atom is -0.336 e. The lowest BCUT2D eigenvalue weighted by Gasteiger charge is -2.35. The van der Waals surface area contributed by atoms with Crippen LogP contribution in [0.4, 0.5) is 4.39 Å². The minimum atomic E-state index is -0.290. The number of rotatable bonds is 3. The maximum atomic E-state index is 13.9. The average molecular weight is 367 g/mol. The first kappa shape index (κ1) is 17.2. The highest BCUT2D eigenvalue weighted by Crippen LogP contribution is 2.21. The van der Waals surface area contributed by atoms with Gasteiger partial charge in [-0.1, -0.05) is 29.3 Å². The van der Waals surface area contributed by atoms with E-state index in [0.29, 0.717) is 53.9 Å². The van der Waals surface area contributed by atoms with Gasteiger partial charge in [0.05, 0.1) is 0 Å². The van der Waals surface area contributed by atoms with Crippen LogP contribution in [0, 0.1) is 5.82 Å². The van der Waals surface area contributed by atoms with Gasteiger partial charge in [0.2, 0.25) is 0 Å². The third kappa shape index (κ3) is 3.89. The van der Waals surface area contributed by atoms with E-state index in [1.165, 1.54) is 6.07 Å². The maximum Gasteiger partial charge on any atom is 0.253 e. The molecule has 0 spiro atoms. The molecule has 0 aromatic heterocycles. The van der Waals surface area contributed by atoms with Gasteiger partial charge in [-0.25, -0.2) is 4.39 Å². The molecule has 1 fully saturated rings. The standard InChI is InChI=1S/C18H17Cl2FN2O/c19-14-6-4-13(5-7-14)18(24)23-10-8-22(9-11-23)12-15-16(20)2-1-3-17(15)21/h1-7H,8-12H2. The highest BCUT2D eigenvalue weighted by Gasteiger charge is 2.23. The van der Waals surface area contributed by atoms with Crippen LogP contribution in [0.15, 0.2) is 42.5 Å². The van der Waals surface area contributed by atoms with Crippen LogP contribution in [-0.4, -0.2) is 41.9 Å². The Balaban J connectivity index is 1.59. The number of benzene rings is 2. The van der Waals surface area contributed by atoms with E-state index in [9.17, 15) is 9.18 Å². The second-order valence-electron chi connectivity index (χ2n) is 5.78. The SMILES string of the molecule is O=C(c1ccc(Cl)cc1)N1CCN(Cc2c(F)cccc2Cl)CC1. The average Bonchev–Trinajstić information content (AvgIpc) is 2.59. The van der Waals surface area contributed by atoms with E-state index in [1.54, 1.807) is 36.4 Å². The second kappa shape index (κ2) is 7.51. The Kier molecular flexibility index (Phi) is 5.39. The first-order valence-electron chi connectivity index (χ1n) is 7.74. The van der Waals surface area contributed by atoms with Gasteiger partial charge < -0.3 is 4.90 Å². The summed E-state index contributed by atoms with van der Waals surface area (Å²) in [6.07, 6.45) is 0. The van der Waals surface area contributed by atoms with Crippen molar-refractivity contribution in [3.05, 3.63) is 69.5 Å². The van der Waals surface area contributed by atoms with Gasteiger partial charge in [0.1, 0.15) is 5.82 Å². The Morgan fingerprint density at radius 1 is 1.00 bits per heavy atom. The van der Waals surface area contributed by atoms with Crippen LogP contribution >= 0.6 is 23.2 Å². The van der Waals surface area contributed by atoms with Crippen molar-refractivity contribution in [2.75, 3.05) is 26.2 Å². The zero-order valence-corrected chi connectivity index (χ0v) is 14.5. The lowest BCUT2D eigenvalue weighted by Crippen LogP contribution is -2.48. The van der Waals surface area contributed by atoms with Crippen molar-refractivity contribution in [2.45, 2.75) is 6.54 Å². The maximum absolute atomic E-state index is 13.9. The summed E-state index contributed by atoms with van der Waals surface area (Å²) in [5.41, 5.74) is 1.14. The van der Waals surface area contributed by atoms with Crippen molar-refractivity contribution >= 4 is 29.1 Å². The van der Waals surface area contributed by atoms with Crippen molar-refractivity contribution < 1.29 is 9.18 Å². The van der Waals surface area contributed by atoms with Crippen molar-refractivity contribution in [3.63, 3.8) is 0 Å². The minimum absolute atomic E-state index is 0.00441. The summed E-state index contributed by atoms with van der Waals surface area (Å²) < 4.78 is 13.9. The smallest absolute Gasteiger partial charge is 0.253 e. The van der Waals surface area contributed by atoms with Crippen LogP contribution in [0.3, 0.4) is 0 Å². The Morgan fingerprint density at radius 2 is 1.67 bits per heavy atom. The topological polar surface area (TPSA) is 23.6 Å². The lowest BCUT2D eigenvalue weighted by molar-refractivity contribution is 0.0627. The van der Waals surface area contributed by atoms with Crippen molar-refractivity contribution in [1.82, 2.24) is 9.80 Å². The van der Waals surface area contributed by atoms with Gasteiger partial charge in [0.15, 0.2) is 0 Å². The molecule has 24 heavy (non-hydrogen) atoms. The van der Waals surface area contributed by atoms with E-state index in [4.69, 9.17) is 23.2 Å². The number of hydrogen-bond donors (Lipinski definition) is 0. The molecule has 0 atom stereocenters. The monoisotopic (exact) mass is 366 g/mol. The van der Waals surface area contributed by atoms with Crippen LogP contribution in [0.2, 0.25) is 10.0 Å². The van der Waals surface area contributed by atoms with Crippen molar-refractivity contribution in [3.8, 4) is 0 Å². The fraction of sp³-hybridized carbons (Fsp3) is 0.278. The molecule has 2 aromatic carbocycles. The molecule has 0 saturated carbocycles. The molecule has 126 valence electrons. The number of piperazine rings is 1. The number of carbonyl (C=O) groups excluding carboxylic acids is 1. The molecule has 1 aliphatic heterocycles. The largest absolute Gasteiger partial charge is 0.336 e. The second-order valence-corrected chi connectivity index (χ2v) is 6.62. The van der Waals surface area contributed by atoms with Gasteiger partial charge in [-0.15, -0.1) is 0 Å². The number of halogens is 3. The normalized spacial score (nSPS) is 15.5. The molecule has 1 amide bonds. The molecular weight excluding hydrogens is 350 g/mol. The van der Waals surface area contributed by atoms with Gasteiger partial charge in [-0.2, -0.15) is 0 Å². The van der Waals surface area contributed by atoms with Crippen molar-refractivity contribution in [2.24, 2.45) is 0 Å². The van der Waals surface area contributed by atoms with E-state index < -0.39 is 0 Å². The molecule has 0 unspecified atom stereocenters. The Labute approximate surface area is 150 Å². The third-order valence-corrected chi connectivity index (χ3v) is 4.80. The number of hydrogen-bond acceptors (Lipinski definition) is 2. The fourth-order valence-corrected chi connectivity index (χ4v) is 3.14. The van der Waals surface area contributed by atoms with E-state index >= 15 is 0 Å². The van der Waals surface area contributed by atoms with Crippen LogP contribution in [0.25, 0.3) is 0 Å². The van der Waals surface area contributed by atoms with E-state index in [-0.39, 0.29) is 11.7 Å². The lowest BCUT2D eigenvalue weighted by atomic mass is 10.1. The summed E-state index contributed by atoms with van der Waals surface area (Å²) in [7, 11) is 0. The molecule has 1 aliphatic rings. The van der Waals surface area contributed by atoms with Gasteiger partial charge in [-0.3, -0.25) is 9.69 Å². The van der Waals surface area contributed by atoms with Crippen molar-refractivity contribution in [1.29, 1.82) is 0 Å². The van der Waals surface area contributed by atoms with E-state index in [1.807, 2.05) is 4.90 Å². The quantitative estimate of drug-likeness (QED) is 0.816. The van der Waals surface area contributed by atoms with Gasteiger partial charge in [-0.05, 0) is 36.4 Å². The number of carbonyl (C=O) groups is 1.